The van der Waals surface area contributed by atoms with Crippen molar-refractivity contribution in [2.24, 2.45) is 0 Å². The number of carbonyl (C=O) groups is 1. The zero-order valence-corrected chi connectivity index (χ0v) is 16.2. The van der Waals surface area contributed by atoms with Crippen molar-refractivity contribution >= 4 is 5.97 Å². The van der Waals surface area contributed by atoms with Crippen LogP contribution in [0.3, 0.4) is 0 Å². The number of para-hydroxylation sites is 2. The molecule has 5 heteroatoms. The van der Waals surface area contributed by atoms with Crippen LogP contribution in [0.2, 0.25) is 0 Å². The van der Waals surface area contributed by atoms with Gasteiger partial charge in [-0.2, -0.15) is 0 Å². The van der Waals surface area contributed by atoms with Crippen molar-refractivity contribution in [3.8, 4) is 23.0 Å². The highest BCUT2D eigenvalue weighted by molar-refractivity contribution is 6.00. The van der Waals surface area contributed by atoms with Crippen molar-refractivity contribution in [1.82, 2.24) is 0 Å². The molecular formula is C24H20O5. The monoisotopic (exact) mass is 388 g/mol. The fourth-order valence-corrected chi connectivity index (χ4v) is 4.22. The molecule has 0 amide bonds. The Hall–Kier alpha value is -3.47. The number of hydrogen-bond acceptors (Lipinski definition) is 5. The molecule has 0 unspecified atom stereocenters. The van der Waals surface area contributed by atoms with Crippen molar-refractivity contribution in [1.29, 1.82) is 0 Å². The number of rotatable bonds is 4. The first-order chi connectivity index (χ1) is 14.2. The maximum Gasteiger partial charge on any atom is 0.344 e. The Labute approximate surface area is 168 Å². The molecule has 0 aliphatic carbocycles. The molecular weight excluding hydrogens is 368 g/mol. The Bertz CT molecular complexity index is 1070. The molecule has 0 bridgehead atoms. The molecule has 146 valence electrons. The Morgan fingerprint density at radius 3 is 2.03 bits per heavy atom. The third-order valence-electron chi connectivity index (χ3n) is 5.29. The maximum absolute atomic E-state index is 13.2. The van der Waals surface area contributed by atoms with Crippen LogP contribution in [-0.2, 0) is 10.3 Å². The van der Waals surface area contributed by atoms with Crippen molar-refractivity contribution in [2.45, 2.75) is 19.4 Å². The Morgan fingerprint density at radius 2 is 1.41 bits per heavy atom. The Kier molecular flexibility index (Phi) is 3.98. The first-order valence-corrected chi connectivity index (χ1v) is 9.74. The lowest BCUT2D eigenvalue weighted by molar-refractivity contribution is 0.0223. The molecule has 0 atom stereocenters. The van der Waals surface area contributed by atoms with E-state index in [9.17, 15) is 4.79 Å². The molecule has 1 spiro atoms. The van der Waals surface area contributed by atoms with Crippen LogP contribution < -0.4 is 14.2 Å². The largest absolute Gasteiger partial charge is 0.490 e. The molecule has 0 saturated carbocycles. The molecule has 2 aliphatic rings. The van der Waals surface area contributed by atoms with Crippen LogP contribution in [0.4, 0.5) is 0 Å². The van der Waals surface area contributed by atoms with Gasteiger partial charge in [-0.05, 0) is 38.1 Å². The summed E-state index contributed by atoms with van der Waals surface area (Å²) in [5.41, 5.74) is 1.63. The molecule has 2 heterocycles. The average Bonchev–Trinajstić information content (AvgIpc) is 3.03. The number of esters is 1. The van der Waals surface area contributed by atoms with E-state index in [1.54, 1.807) is 0 Å². The summed E-state index contributed by atoms with van der Waals surface area (Å²) in [7, 11) is 0. The highest BCUT2D eigenvalue weighted by atomic mass is 16.6. The third kappa shape index (κ3) is 2.37. The van der Waals surface area contributed by atoms with Crippen molar-refractivity contribution in [3.63, 3.8) is 0 Å². The van der Waals surface area contributed by atoms with E-state index in [1.165, 1.54) is 0 Å². The minimum absolute atomic E-state index is 0.407. The zero-order chi connectivity index (χ0) is 20.0. The number of hydrogen-bond donors (Lipinski definition) is 0. The van der Waals surface area contributed by atoms with Crippen LogP contribution in [0.25, 0.3) is 0 Å². The molecule has 0 fully saturated rings. The van der Waals surface area contributed by atoms with Gasteiger partial charge < -0.3 is 18.9 Å². The van der Waals surface area contributed by atoms with Crippen LogP contribution >= 0.6 is 0 Å². The van der Waals surface area contributed by atoms with E-state index in [4.69, 9.17) is 18.9 Å². The van der Waals surface area contributed by atoms with Gasteiger partial charge in [0.05, 0.1) is 13.2 Å². The zero-order valence-electron chi connectivity index (χ0n) is 16.2. The molecule has 0 saturated heterocycles. The van der Waals surface area contributed by atoms with Gasteiger partial charge in [-0.3, -0.25) is 0 Å². The molecule has 2 aliphatic heterocycles. The summed E-state index contributed by atoms with van der Waals surface area (Å²) in [5, 5.41) is 0. The van der Waals surface area contributed by atoms with Gasteiger partial charge in [-0.1, -0.05) is 36.4 Å². The Morgan fingerprint density at radius 1 is 0.793 bits per heavy atom. The number of fused-ring (bicyclic) bond motifs is 6. The van der Waals surface area contributed by atoms with E-state index >= 15 is 0 Å². The quantitative estimate of drug-likeness (QED) is 0.585. The topological polar surface area (TPSA) is 54.0 Å². The van der Waals surface area contributed by atoms with Gasteiger partial charge in [0.25, 0.3) is 0 Å². The van der Waals surface area contributed by atoms with Gasteiger partial charge in [0.1, 0.15) is 17.1 Å². The van der Waals surface area contributed by atoms with Gasteiger partial charge >= 0.3 is 5.97 Å². The predicted molar refractivity (Wildman–Crippen MR) is 107 cm³/mol. The predicted octanol–water partition coefficient (Wildman–Crippen LogP) is 5.05. The maximum atomic E-state index is 13.2. The van der Waals surface area contributed by atoms with Crippen LogP contribution in [0.15, 0.2) is 60.7 Å². The lowest BCUT2D eigenvalue weighted by atomic mass is 9.77. The summed E-state index contributed by atoms with van der Waals surface area (Å²) < 4.78 is 23.9. The fraction of sp³-hybridized carbons (Fsp3) is 0.208. The first kappa shape index (κ1) is 17.6. The van der Waals surface area contributed by atoms with E-state index in [1.807, 2.05) is 74.5 Å². The molecule has 3 aromatic carbocycles. The average molecular weight is 388 g/mol. The van der Waals surface area contributed by atoms with Gasteiger partial charge in [0.15, 0.2) is 17.1 Å². The molecule has 5 rings (SSSR count). The molecule has 0 N–H and O–H groups in total. The number of ether oxygens (including phenoxy) is 4. The van der Waals surface area contributed by atoms with Crippen LogP contribution in [0.1, 0.15) is 40.9 Å². The highest BCUT2D eigenvalue weighted by Gasteiger charge is 2.54. The molecule has 0 radical (unpaired) electrons. The molecule has 3 aromatic rings. The Balaban J connectivity index is 1.85. The van der Waals surface area contributed by atoms with Crippen molar-refractivity contribution in [3.05, 3.63) is 82.9 Å². The van der Waals surface area contributed by atoms with Gasteiger partial charge in [0.2, 0.25) is 0 Å². The van der Waals surface area contributed by atoms with Gasteiger partial charge in [-0.15, -0.1) is 0 Å². The van der Waals surface area contributed by atoms with E-state index in [0.29, 0.717) is 41.8 Å². The van der Waals surface area contributed by atoms with E-state index < -0.39 is 11.6 Å². The number of benzene rings is 3. The highest BCUT2D eigenvalue weighted by Crippen LogP contribution is 2.57. The molecule has 29 heavy (non-hydrogen) atoms. The van der Waals surface area contributed by atoms with Gasteiger partial charge in [0, 0.05) is 16.7 Å². The lowest BCUT2D eigenvalue weighted by Gasteiger charge is -2.36. The van der Waals surface area contributed by atoms with Crippen molar-refractivity contribution in [2.75, 3.05) is 13.2 Å². The number of carbonyl (C=O) groups excluding carboxylic acids is 1. The second kappa shape index (κ2) is 6.55. The van der Waals surface area contributed by atoms with E-state index in [2.05, 4.69) is 0 Å². The van der Waals surface area contributed by atoms with Crippen LogP contribution in [0.5, 0.6) is 23.0 Å². The minimum Gasteiger partial charge on any atom is -0.490 e. The summed E-state index contributed by atoms with van der Waals surface area (Å²) in [5.74, 6) is 1.86. The lowest BCUT2D eigenvalue weighted by Crippen LogP contribution is -2.32. The van der Waals surface area contributed by atoms with Crippen molar-refractivity contribution < 1.29 is 23.7 Å². The smallest absolute Gasteiger partial charge is 0.344 e. The van der Waals surface area contributed by atoms with E-state index in [-0.39, 0.29) is 0 Å². The molecule has 5 nitrogen and oxygen atoms in total. The minimum atomic E-state index is -1.09. The second-order valence-corrected chi connectivity index (χ2v) is 6.85. The SMILES string of the molecule is CCOc1ccc2c(c1OCC)C(=O)OC21c2ccccc2Oc2ccccc21. The second-order valence-electron chi connectivity index (χ2n) is 6.85. The molecule has 0 aromatic heterocycles. The normalized spacial score (nSPS) is 15.0. The van der Waals surface area contributed by atoms with E-state index in [0.717, 1.165) is 16.7 Å². The van der Waals surface area contributed by atoms with Gasteiger partial charge in [-0.25, -0.2) is 4.79 Å². The standard InChI is InChI=1S/C24H20O5/c1-3-26-20-14-13-17-21(22(20)27-4-2)23(25)29-24(17)15-9-5-7-11-18(15)28-19-12-8-6-10-16(19)24/h5-14H,3-4H2,1-2H3. The first-order valence-electron chi connectivity index (χ1n) is 9.74. The van der Waals surface area contributed by atoms with Crippen LogP contribution in [-0.4, -0.2) is 19.2 Å². The fourth-order valence-electron chi connectivity index (χ4n) is 4.22. The third-order valence-corrected chi connectivity index (χ3v) is 5.29. The summed E-state index contributed by atoms with van der Waals surface area (Å²) in [6.07, 6.45) is 0. The summed E-state index contributed by atoms with van der Waals surface area (Å²) >= 11 is 0. The summed E-state index contributed by atoms with van der Waals surface area (Å²) in [6, 6.07) is 19.0. The van der Waals surface area contributed by atoms with Crippen LogP contribution in [0, 0.1) is 0 Å². The summed E-state index contributed by atoms with van der Waals surface area (Å²) in [4.78, 5) is 13.2. The summed E-state index contributed by atoms with van der Waals surface area (Å²) in [6.45, 7) is 4.66.